The molecule has 0 N–H and O–H groups in total. The SMILES string of the molecule is O=Cc1ccccc1C(=O)C(CC(=O)c1ccccc1)c1ccccc1C=O. The Morgan fingerprint density at radius 3 is 1.96 bits per heavy atom. The lowest BCUT2D eigenvalue weighted by Crippen LogP contribution is -2.20. The first-order valence-electron chi connectivity index (χ1n) is 8.86. The van der Waals surface area contributed by atoms with Gasteiger partial charge in [-0.15, -0.1) is 0 Å². The molecule has 3 aromatic rings. The van der Waals surface area contributed by atoms with E-state index >= 15 is 0 Å². The number of carbonyl (C=O) groups is 4. The third-order valence-electron chi connectivity index (χ3n) is 4.65. The maximum Gasteiger partial charge on any atom is 0.171 e. The first-order valence-corrected chi connectivity index (χ1v) is 8.86. The number of ketones is 2. The molecular weight excluding hydrogens is 352 g/mol. The second-order valence-electron chi connectivity index (χ2n) is 6.36. The molecule has 0 aliphatic rings. The minimum Gasteiger partial charge on any atom is -0.298 e. The van der Waals surface area contributed by atoms with Crippen molar-refractivity contribution in [3.8, 4) is 0 Å². The topological polar surface area (TPSA) is 68.3 Å². The largest absolute Gasteiger partial charge is 0.298 e. The number of benzene rings is 3. The van der Waals surface area contributed by atoms with E-state index in [1.165, 1.54) is 0 Å². The molecule has 0 aromatic heterocycles. The van der Waals surface area contributed by atoms with Crippen molar-refractivity contribution < 1.29 is 19.2 Å². The predicted octanol–water partition coefficient (Wildman–Crippen LogP) is 4.55. The van der Waals surface area contributed by atoms with Crippen molar-refractivity contribution in [2.75, 3.05) is 0 Å². The van der Waals surface area contributed by atoms with Crippen molar-refractivity contribution >= 4 is 24.1 Å². The van der Waals surface area contributed by atoms with E-state index in [1.807, 2.05) is 0 Å². The van der Waals surface area contributed by atoms with Crippen LogP contribution in [0.15, 0.2) is 78.9 Å². The molecule has 0 bridgehead atoms. The van der Waals surface area contributed by atoms with Crippen LogP contribution in [0, 0.1) is 0 Å². The van der Waals surface area contributed by atoms with Crippen molar-refractivity contribution in [3.05, 3.63) is 107 Å². The van der Waals surface area contributed by atoms with Gasteiger partial charge in [0.25, 0.3) is 0 Å². The monoisotopic (exact) mass is 370 g/mol. The van der Waals surface area contributed by atoms with E-state index in [-0.39, 0.29) is 29.1 Å². The second-order valence-corrected chi connectivity index (χ2v) is 6.36. The number of rotatable bonds is 8. The number of hydrogen-bond acceptors (Lipinski definition) is 4. The summed E-state index contributed by atoms with van der Waals surface area (Å²) in [6.07, 6.45) is 1.20. The van der Waals surface area contributed by atoms with Crippen LogP contribution < -0.4 is 0 Å². The fraction of sp³-hybridized carbons (Fsp3) is 0.0833. The fourth-order valence-corrected chi connectivity index (χ4v) is 3.22. The van der Waals surface area contributed by atoms with Gasteiger partial charge in [-0.2, -0.15) is 0 Å². The Labute approximate surface area is 162 Å². The molecule has 0 fully saturated rings. The highest BCUT2D eigenvalue weighted by Gasteiger charge is 2.28. The molecule has 0 saturated heterocycles. The summed E-state index contributed by atoms with van der Waals surface area (Å²) in [4.78, 5) is 49.0. The Kier molecular flexibility index (Phi) is 6.02. The predicted molar refractivity (Wildman–Crippen MR) is 106 cm³/mol. The molecule has 0 spiro atoms. The Hall–Kier alpha value is -3.66. The van der Waals surface area contributed by atoms with Gasteiger partial charge in [0.15, 0.2) is 17.9 Å². The number of hydrogen-bond donors (Lipinski definition) is 0. The van der Waals surface area contributed by atoms with Crippen LogP contribution >= 0.6 is 0 Å². The Morgan fingerprint density at radius 1 is 0.714 bits per heavy atom. The van der Waals surface area contributed by atoms with Crippen LogP contribution in [-0.4, -0.2) is 24.1 Å². The van der Waals surface area contributed by atoms with Gasteiger partial charge < -0.3 is 0 Å². The standard InChI is InChI=1S/C24H18O4/c25-15-18-10-4-6-12-20(18)22(14-23(27)17-8-2-1-3-9-17)24(28)21-13-7-5-11-19(21)16-26/h1-13,15-16,22H,14H2. The van der Waals surface area contributed by atoms with E-state index in [4.69, 9.17) is 0 Å². The molecule has 0 heterocycles. The van der Waals surface area contributed by atoms with Crippen molar-refractivity contribution in [1.29, 1.82) is 0 Å². The van der Waals surface area contributed by atoms with Crippen LogP contribution in [0.4, 0.5) is 0 Å². The summed E-state index contributed by atoms with van der Waals surface area (Å²) in [5, 5.41) is 0. The molecular formula is C24H18O4. The van der Waals surface area contributed by atoms with Gasteiger partial charge >= 0.3 is 0 Å². The smallest absolute Gasteiger partial charge is 0.171 e. The molecule has 4 heteroatoms. The highest BCUT2D eigenvalue weighted by molar-refractivity contribution is 6.10. The van der Waals surface area contributed by atoms with Crippen molar-refractivity contribution in [3.63, 3.8) is 0 Å². The zero-order chi connectivity index (χ0) is 19.9. The average molecular weight is 370 g/mol. The van der Waals surface area contributed by atoms with Gasteiger partial charge in [0, 0.05) is 28.7 Å². The average Bonchev–Trinajstić information content (AvgIpc) is 2.77. The van der Waals surface area contributed by atoms with Gasteiger partial charge in [-0.05, 0) is 5.56 Å². The summed E-state index contributed by atoms with van der Waals surface area (Å²) in [6.45, 7) is 0. The summed E-state index contributed by atoms with van der Waals surface area (Å²) in [5.41, 5.74) is 1.82. The molecule has 0 saturated carbocycles. The van der Waals surface area contributed by atoms with E-state index < -0.39 is 5.92 Å². The summed E-state index contributed by atoms with van der Waals surface area (Å²) >= 11 is 0. The molecule has 28 heavy (non-hydrogen) atoms. The van der Waals surface area contributed by atoms with E-state index in [9.17, 15) is 19.2 Å². The molecule has 4 nitrogen and oxygen atoms in total. The highest BCUT2D eigenvalue weighted by Crippen LogP contribution is 2.29. The first-order chi connectivity index (χ1) is 13.7. The maximum absolute atomic E-state index is 13.3. The quantitative estimate of drug-likeness (QED) is 0.431. The highest BCUT2D eigenvalue weighted by atomic mass is 16.1. The van der Waals surface area contributed by atoms with Crippen molar-refractivity contribution in [1.82, 2.24) is 0 Å². The minimum atomic E-state index is -0.866. The second kappa shape index (κ2) is 8.82. The van der Waals surface area contributed by atoms with E-state index in [2.05, 4.69) is 0 Å². The van der Waals surface area contributed by atoms with Gasteiger partial charge in [-0.25, -0.2) is 0 Å². The molecule has 1 atom stereocenters. The summed E-state index contributed by atoms with van der Waals surface area (Å²) < 4.78 is 0. The molecule has 138 valence electrons. The molecule has 0 aliphatic carbocycles. The maximum atomic E-state index is 13.3. The fourth-order valence-electron chi connectivity index (χ4n) is 3.22. The van der Waals surface area contributed by atoms with Crippen molar-refractivity contribution in [2.24, 2.45) is 0 Å². The summed E-state index contributed by atoms with van der Waals surface area (Å²) in [5.74, 6) is -1.43. The molecule has 0 amide bonds. The van der Waals surface area contributed by atoms with Crippen LogP contribution in [-0.2, 0) is 0 Å². The lowest BCUT2D eigenvalue weighted by molar-refractivity contribution is 0.0891. The number of Topliss-reactive ketones (excluding diaryl/α,β-unsaturated/α-hetero) is 2. The van der Waals surface area contributed by atoms with E-state index in [1.54, 1.807) is 78.9 Å². The van der Waals surface area contributed by atoms with E-state index in [0.717, 1.165) is 0 Å². The third kappa shape index (κ3) is 4.01. The van der Waals surface area contributed by atoms with Gasteiger partial charge in [0.2, 0.25) is 0 Å². The van der Waals surface area contributed by atoms with Gasteiger partial charge in [0.05, 0.1) is 5.92 Å². The zero-order valence-corrected chi connectivity index (χ0v) is 15.1. The molecule has 3 rings (SSSR count). The molecule has 1 unspecified atom stereocenters. The van der Waals surface area contributed by atoms with Crippen LogP contribution in [0.25, 0.3) is 0 Å². The third-order valence-corrected chi connectivity index (χ3v) is 4.65. The Balaban J connectivity index is 2.06. The normalized spacial score (nSPS) is 11.4. The first kappa shape index (κ1) is 19.1. The van der Waals surface area contributed by atoms with Crippen LogP contribution in [0.3, 0.4) is 0 Å². The van der Waals surface area contributed by atoms with Gasteiger partial charge in [-0.3, -0.25) is 19.2 Å². The van der Waals surface area contributed by atoms with Crippen LogP contribution in [0.5, 0.6) is 0 Å². The number of aldehydes is 2. The lowest BCUT2D eigenvalue weighted by atomic mass is 9.82. The lowest BCUT2D eigenvalue weighted by Gasteiger charge is -2.18. The molecule has 0 radical (unpaired) electrons. The molecule has 0 aliphatic heterocycles. The molecule has 3 aromatic carbocycles. The van der Waals surface area contributed by atoms with E-state index in [0.29, 0.717) is 29.3 Å². The minimum absolute atomic E-state index is 0.0963. The van der Waals surface area contributed by atoms with Crippen LogP contribution in [0.1, 0.15) is 59.3 Å². The van der Waals surface area contributed by atoms with Crippen molar-refractivity contribution in [2.45, 2.75) is 12.3 Å². The summed E-state index contributed by atoms with van der Waals surface area (Å²) in [6, 6.07) is 21.9. The summed E-state index contributed by atoms with van der Waals surface area (Å²) in [7, 11) is 0. The van der Waals surface area contributed by atoms with Gasteiger partial charge in [0.1, 0.15) is 6.29 Å². The zero-order valence-electron chi connectivity index (χ0n) is 15.1. The Bertz CT molecular complexity index is 1020. The van der Waals surface area contributed by atoms with Gasteiger partial charge in [-0.1, -0.05) is 78.9 Å². The number of carbonyl (C=O) groups excluding carboxylic acids is 4. The van der Waals surface area contributed by atoms with Crippen LogP contribution in [0.2, 0.25) is 0 Å². The Morgan fingerprint density at radius 2 is 1.29 bits per heavy atom.